The van der Waals surface area contributed by atoms with Crippen LogP contribution in [0.4, 0.5) is 0 Å². The van der Waals surface area contributed by atoms with E-state index < -0.39 is 0 Å². The molecular weight excluding hydrogens is 115 g/mol. The fourth-order valence-corrected chi connectivity index (χ4v) is 0.348. The van der Waals surface area contributed by atoms with E-state index in [1.54, 1.807) is 7.11 Å². The fourth-order valence-electron chi connectivity index (χ4n) is 0.348. The Balaban J connectivity index is 0. The van der Waals surface area contributed by atoms with Crippen LogP contribution < -0.4 is 34.7 Å². The molecule has 0 aromatic heterocycles. The van der Waals surface area contributed by atoms with Gasteiger partial charge in [0.15, 0.2) is 0 Å². The first kappa shape index (κ1) is 11.7. The standard InChI is InChI=1S/C5H11O2.Na/c1-7-5-3-2-4-6;/h2-5H2,1H3;/q-1;+1. The maximum Gasteiger partial charge on any atom is 1.00 e. The van der Waals surface area contributed by atoms with Crippen molar-refractivity contribution in [3.63, 3.8) is 0 Å². The quantitative estimate of drug-likeness (QED) is 0.293. The summed E-state index contributed by atoms with van der Waals surface area (Å²) < 4.78 is 4.70. The summed E-state index contributed by atoms with van der Waals surface area (Å²) in [6, 6.07) is 0. The molecule has 0 bridgehead atoms. The molecule has 2 nitrogen and oxygen atoms in total. The number of rotatable bonds is 4. The first-order valence-electron chi connectivity index (χ1n) is 2.49. The molecule has 0 saturated carbocycles. The van der Waals surface area contributed by atoms with Gasteiger partial charge in [0.2, 0.25) is 0 Å². The molecular formula is C5H11NaO2. The Morgan fingerprint density at radius 1 is 1.38 bits per heavy atom. The van der Waals surface area contributed by atoms with Crippen molar-refractivity contribution < 1.29 is 39.4 Å². The van der Waals surface area contributed by atoms with Crippen molar-refractivity contribution in [2.45, 2.75) is 12.8 Å². The van der Waals surface area contributed by atoms with Crippen LogP contribution in [0.15, 0.2) is 0 Å². The zero-order valence-electron chi connectivity index (χ0n) is 5.64. The average molecular weight is 126 g/mol. The van der Waals surface area contributed by atoms with E-state index in [2.05, 4.69) is 0 Å². The largest absolute Gasteiger partial charge is 1.00 e. The molecule has 44 valence electrons. The SMILES string of the molecule is COCCCC[O-].[Na+]. The van der Waals surface area contributed by atoms with Crippen LogP contribution in [-0.4, -0.2) is 20.3 Å². The molecule has 0 heterocycles. The van der Waals surface area contributed by atoms with Gasteiger partial charge in [-0.25, -0.2) is 0 Å². The van der Waals surface area contributed by atoms with E-state index in [9.17, 15) is 5.11 Å². The van der Waals surface area contributed by atoms with Gasteiger partial charge in [-0.15, -0.1) is 6.61 Å². The summed E-state index contributed by atoms with van der Waals surface area (Å²) >= 11 is 0. The Bertz CT molecular complexity index is 29.6. The number of methoxy groups -OCH3 is 1. The minimum Gasteiger partial charge on any atom is -0.854 e. The molecule has 0 aliphatic carbocycles. The Morgan fingerprint density at radius 3 is 2.38 bits per heavy atom. The molecule has 0 aliphatic heterocycles. The van der Waals surface area contributed by atoms with Crippen molar-refractivity contribution in [3.05, 3.63) is 0 Å². The van der Waals surface area contributed by atoms with Crippen molar-refractivity contribution >= 4 is 0 Å². The maximum absolute atomic E-state index is 9.75. The van der Waals surface area contributed by atoms with Crippen molar-refractivity contribution in [1.29, 1.82) is 0 Å². The van der Waals surface area contributed by atoms with E-state index >= 15 is 0 Å². The summed E-state index contributed by atoms with van der Waals surface area (Å²) in [4.78, 5) is 0. The summed E-state index contributed by atoms with van der Waals surface area (Å²) in [7, 11) is 1.64. The van der Waals surface area contributed by atoms with Gasteiger partial charge < -0.3 is 9.84 Å². The third-order valence-corrected chi connectivity index (χ3v) is 0.743. The molecule has 3 heteroatoms. The zero-order chi connectivity index (χ0) is 5.54. The van der Waals surface area contributed by atoms with Crippen LogP contribution in [0.2, 0.25) is 0 Å². The van der Waals surface area contributed by atoms with E-state index in [4.69, 9.17) is 4.74 Å². The van der Waals surface area contributed by atoms with Gasteiger partial charge in [-0.2, -0.15) is 0 Å². The molecule has 0 atom stereocenters. The third kappa shape index (κ3) is 10.0. The fraction of sp³-hybridized carbons (Fsp3) is 1.00. The summed E-state index contributed by atoms with van der Waals surface area (Å²) in [5.74, 6) is 0. The molecule has 0 unspecified atom stereocenters. The topological polar surface area (TPSA) is 32.3 Å². The smallest absolute Gasteiger partial charge is 0.854 e. The van der Waals surface area contributed by atoms with Gasteiger partial charge in [-0.05, 0) is 6.42 Å². The molecule has 8 heavy (non-hydrogen) atoms. The predicted molar refractivity (Wildman–Crippen MR) is 26.0 cm³/mol. The first-order chi connectivity index (χ1) is 3.41. The summed E-state index contributed by atoms with van der Waals surface area (Å²) in [6.45, 7) is 0.756. The molecule has 0 fully saturated rings. The maximum atomic E-state index is 9.75. The molecule has 0 rings (SSSR count). The average Bonchev–Trinajstić information content (AvgIpc) is 1.69. The second kappa shape index (κ2) is 10.8. The third-order valence-electron chi connectivity index (χ3n) is 0.743. The first-order valence-corrected chi connectivity index (χ1v) is 2.49. The summed E-state index contributed by atoms with van der Waals surface area (Å²) in [6.07, 6.45) is 1.65. The molecule has 0 aromatic rings. The van der Waals surface area contributed by atoms with E-state index in [0.29, 0.717) is 0 Å². The van der Waals surface area contributed by atoms with Crippen LogP contribution >= 0.6 is 0 Å². The van der Waals surface area contributed by atoms with Crippen LogP contribution in [-0.2, 0) is 4.74 Å². The number of hydrogen-bond donors (Lipinski definition) is 0. The van der Waals surface area contributed by atoms with E-state index in [1.165, 1.54) is 0 Å². The van der Waals surface area contributed by atoms with E-state index in [0.717, 1.165) is 19.4 Å². The molecule has 0 aliphatic rings. The molecule has 0 aromatic carbocycles. The summed E-state index contributed by atoms with van der Waals surface area (Å²) in [5, 5.41) is 9.75. The van der Waals surface area contributed by atoms with Gasteiger partial charge in [-0.3, -0.25) is 0 Å². The molecule has 0 N–H and O–H groups in total. The van der Waals surface area contributed by atoms with Crippen LogP contribution in [0.3, 0.4) is 0 Å². The van der Waals surface area contributed by atoms with Crippen molar-refractivity contribution in [3.8, 4) is 0 Å². The summed E-state index contributed by atoms with van der Waals surface area (Å²) in [5.41, 5.74) is 0. The van der Waals surface area contributed by atoms with Gasteiger partial charge in [-0.1, -0.05) is 6.42 Å². The number of unbranched alkanes of at least 4 members (excludes halogenated alkanes) is 1. The molecule has 0 amide bonds. The van der Waals surface area contributed by atoms with Crippen LogP contribution in [0, 0.1) is 0 Å². The van der Waals surface area contributed by atoms with Crippen molar-refractivity contribution in [1.82, 2.24) is 0 Å². The molecule has 0 saturated heterocycles. The van der Waals surface area contributed by atoms with Gasteiger partial charge in [0.05, 0.1) is 0 Å². The second-order valence-corrected chi connectivity index (χ2v) is 1.40. The Hall–Kier alpha value is 0.920. The van der Waals surface area contributed by atoms with Gasteiger partial charge in [0.25, 0.3) is 0 Å². The monoisotopic (exact) mass is 126 g/mol. The van der Waals surface area contributed by atoms with Crippen LogP contribution in [0.1, 0.15) is 12.8 Å². The normalized spacial score (nSPS) is 8.25. The Labute approximate surface area is 72.5 Å². The minimum atomic E-state index is 0. The molecule has 0 radical (unpaired) electrons. The van der Waals surface area contributed by atoms with Crippen LogP contribution in [0.25, 0.3) is 0 Å². The Kier molecular flexibility index (Phi) is 15.8. The van der Waals surface area contributed by atoms with Crippen molar-refractivity contribution in [2.24, 2.45) is 0 Å². The van der Waals surface area contributed by atoms with Gasteiger partial charge in [0, 0.05) is 13.7 Å². The second-order valence-electron chi connectivity index (χ2n) is 1.40. The minimum absolute atomic E-state index is 0. The van der Waals surface area contributed by atoms with Crippen molar-refractivity contribution in [2.75, 3.05) is 20.3 Å². The zero-order valence-corrected chi connectivity index (χ0v) is 7.64. The van der Waals surface area contributed by atoms with Gasteiger partial charge >= 0.3 is 29.6 Å². The predicted octanol–water partition coefficient (Wildman–Crippen LogP) is -3.22. The van der Waals surface area contributed by atoms with Crippen LogP contribution in [0.5, 0.6) is 0 Å². The van der Waals surface area contributed by atoms with E-state index in [-0.39, 0.29) is 36.2 Å². The van der Waals surface area contributed by atoms with Gasteiger partial charge in [0.1, 0.15) is 0 Å². The number of ether oxygens (including phenoxy) is 1. The Morgan fingerprint density at radius 2 is 2.00 bits per heavy atom. The van der Waals surface area contributed by atoms with E-state index in [1.807, 2.05) is 0 Å². The number of hydrogen-bond acceptors (Lipinski definition) is 2. The molecule has 0 spiro atoms.